The molecule has 0 radical (unpaired) electrons. The van der Waals surface area contributed by atoms with Crippen LogP contribution in [0.2, 0.25) is 0 Å². The number of rotatable bonds is 3. The lowest BCUT2D eigenvalue weighted by molar-refractivity contribution is -0.137. The molecule has 5 heteroatoms. The smallest absolute Gasteiger partial charge is 0.416 e. The average Bonchev–Trinajstić information content (AvgIpc) is 2.72. The molecule has 0 aliphatic heterocycles. The van der Waals surface area contributed by atoms with Gasteiger partial charge in [0.2, 0.25) is 0 Å². The molecular weight excluding hydrogens is 363 g/mol. The first-order chi connectivity index (χ1) is 13.5. The number of hydrogen-bond acceptors (Lipinski definition) is 2. The molecule has 1 heterocycles. The van der Waals surface area contributed by atoms with Gasteiger partial charge in [0.05, 0.1) is 18.4 Å². The van der Waals surface area contributed by atoms with Gasteiger partial charge in [-0.2, -0.15) is 13.2 Å². The predicted octanol–water partition coefficient (Wildman–Crippen LogP) is 6.60. The van der Waals surface area contributed by atoms with E-state index in [1.54, 1.807) is 7.11 Å². The molecule has 0 bridgehead atoms. The molecule has 0 amide bonds. The van der Waals surface area contributed by atoms with Crippen molar-refractivity contribution in [3.63, 3.8) is 0 Å². The second kappa shape index (κ2) is 7.00. The molecule has 0 atom stereocenters. The van der Waals surface area contributed by atoms with Gasteiger partial charge in [0.25, 0.3) is 0 Å². The molecule has 0 aliphatic rings. The topological polar surface area (TPSA) is 22.1 Å². The number of halogens is 3. The minimum atomic E-state index is -4.40. The second-order valence-electron chi connectivity index (χ2n) is 6.38. The zero-order chi connectivity index (χ0) is 19.7. The number of fused-ring (bicyclic) bond motifs is 1. The van der Waals surface area contributed by atoms with Crippen molar-refractivity contribution in [3.05, 3.63) is 84.6 Å². The van der Waals surface area contributed by atoms with Gasteiger partial charge in [-0.15, -0.1) is 0 Å². The molecule has 0 unspecified atom stereocenters. The van der Waals surface area contributed by atoms with Crippen molar-refractivity contribution in [2.24, 2.45) is 0 Å². The van der Waals surface area contributed by atoms with E-state index < -0.39 is 11.7 Å². The minimum absolute atomic E-state index is 0.445. The van der Waals surface area contributed by atoms with Gasteiger partial charge in [-0.05, 0) is 35.2 Å². The third-order valence-electron chi connectivity index (χ3n) is 4.64. The molecule has 0 saturated heterocycles. The summed E-state index contributed by atoms with van der Waals surface area (Å²) < 4.78 is 44.6. The lowest BCUT2D eigenvalue weighted by Gasteiger charge is -2.15. The summed E-state index contributed by atoms with van der Waals surface area (Å²) in [6, 6.07) is 20.8. The van der Waals surface area contributed by atoms with E-state index in [1.165, 1.54) is 12.3 Å². The maximum Gasteiger partial charge on any atom is 0.416 e. The minimum Gasteiger partial charge on any atom is -0.497 e. The Balaban J connectivity index is 2.00. The average molecular weight is 379 g/mol. The van der Waals surface area contributed by atoms with Gasteiger partial charge in [-0.25, -0.2) is 0 Å². The summed E-state index contributed by atoms with van der Waals surface area (Å²) in [5.74, 6) is 0.706. The Kier molecular flexibility index (Phi) is 4.51. The zero-order valence-electron chi connectivity index (χ0n) is 15.0. The predicted molar refractivity (Wildman–Crippen MR) is 104 cm³/mol. The van der Waals surface area contributed by atoms with Crippen LogP contribution in [0.1, 0.15) is 5.56 Å². The first-order valence-electron chi connectivity index (χ1n) is 8.67. The number of aromatic nitrogens is 1. The van der Waals surface area contributed by atoms with E-state index in [4.69, 9.17) is 4.74 Å². The van der Waals surface area contributed by atoms with Crippen LogP contribution < -0.4 is 4.74 Å². The summed E-state index contributed by atoms with van der Waals surface area (Å²) in [5.41, 5.74) is 2.58. The van der Waals surface area contributed by atoms with Crippen molar-refractivity contribution in [1.29, 1.82) is 0 Å². The Morgan fingerprint density at radius 1 is 0.821 bits per heavy atom. The van der Waals surface area contributed by atoms with Gasteiger partial charge in [0.1, 0.15) is 5.75 Å². The number of hydrogen-bond donors (Lipinski definition) is 0. The van der Waals surface area contributed by atoms with E-state index >= 15 is 0 Å². The maximum absolute atomic E-state index is 13.1. The van der Waals surface area contributed by atoms with E-state index in [0.29, 0.717) is 16.5 Å². The lowest BCUT2D eigenvalue weighted by atomic mass is 9.93. The molecule has 28 heavy (non-hydrogen) atoms. The van der Waals surface area contributed by atoms with Crippen molar-refractivity contribution >= 4 is 10.8 Å². The number of methoxy groups -OCH3 is 1. The molecule has 4 aromatic rings. The number of ether oxygens (including phenoxy) is 1. The third-order valence-corrected chi connectivity index (χ3v) is 4.64. The van der Waals surface area contributed by atoms with Crippen LogP contribution in [0.5, 0.6) is 5.75 Å². The summed E-state index contributed by atoms with van der Waals surface area (Å²) in [7, 11) is 1.59. The fourth-order valence-corrected chi connectivity index (χ4v) is 3.26. The molecule has 2 nitrogen and oxygen atoms in total. The number of nitrogens with zero attached hydrogens (tertiary/aromatic N) is 1. The molecule has 0 spiro atoms. The van der Waals surface area contributed by atoms with E-state index in [9.17, 15) is 13.2 Å². The van der Waals surface area contributed by atoms with Crippen LogP contribution in [0.25, 0.3) is 33.2 Å². The highest BCUT2D eigenvalue weighted by atomic mass is 19.4. The Bertz CT molecular complexity index is 1120. The van der Waals surface area contributed by atoms with Crippen LogP contribution >= 0.6 is 0 Å². The van der Waals surface area contributed by atoms with E-state index in [1.807, 2.05) is 54.6 Å². The maximum atomic E-state index is 13.1. The van der Waals surface area contributed by atoms with Crippen LogP contribution in [0.15, 0.2) is 79.0 Å². The van der Waals surface area contributed by atoms with Crippen molar-refractivity contribution in [1.82, 2.24) is 4.98 Å². The molecule has 140 valence electrons. The lowest BCUT2D eigenvalue weighted by Crippen LogP contribution is -2.04. The van der Waals surface area contributed by atoms with Gasteiger partial charge in [0.15, 0.2) is 0 Å². The molecule has 1 aromatic heterocycles. The van der Waals surface area contributed by atoms with Crippen LogP contribution in [0.3, 0.4) is 0 Å². The number of benzene rings is 3. The summed E-state index contributed by atoms with van der Waals surface area (Å²) in [4.78, 5) is 4.52. The number of pyridine rings is 1. The number of alkyl halides is 3. The zero-order valence-corrected chi connectivity index (χ0v) is 15.0. The molecule has 3 aromatic carbocycles. The van der Waals surface area contributed by atoms with Gasteiger partial charge >= 0.3 is 6.18 Å². The fraction of sp³-hybridized carbons (Fsp3) is 0.0870. The molecule has 4 rings (SSSR count). The van der Waals surface area contributed by atoms with Crippen LogP contribution in [-0.2, 0) is 6.18 Å². The highest BCUT2D eigenvalue weighted by Gasteiger charge is 2.30. The summed E-state index contributed by atoms with van der Waals surface area (Å²) in [5, 5.41) is 1.16. The highest BCUT2D eigenvalue weighted by Crippen LogP contribution is 2.39. The van der Waals surface area contributed by atoms with Gasteiger partial charge in [0, 0.05) is 22.7 Å². The van der Waals surface area contributed by atoms with Crippen molar-refractivity contribution in [2.45, 2.75) is 6.18 Å². The molecule has 0 N–H and O–H groups in total. The highest BCUT2D eigenvalue weighted by molar-refractivity contribution is 6.02. The van der Waals surface area contributed by atoms with Crippen LogP contribution in [0, 0.1) is 0 Å². The SMILES string of the molecule is COc1ccc(-c2c(-c3ccccc3)ncc3cc(C(F)(F)F)ccc23)cc1. The first-order valence-corrected chi connectivity index (χ1v) is 8.67. The van der Waals surface area contributed by atoms with E-state index in [2.05, 4.69) is 4.98 Å². The summed E-state index contributed by atoms with van der Waals surface area (Å²) >= 11 is 0. The fourth-order valence-electron chi connectivity index (χ4n) is 3.26. The standard InChI is InChI=1S/C23H16F3NO/c1-28-19-10-7-15(8-11-19)21-20-12-9-18(23(24,25)26)13-17(20)14-27-22(21)16-5-3-2-4-6-16/h2-14H,1H3. The van der Waals surface area contributed by atoms with Crippen LogP contribution in [0.4, 0.5) is 13.2 Å². The molecule has 0 fully saturated rings. The largest absolute Gasteiger partial charge is 0.497 e. The molecule has 0 aliphatic carbocycles. The normalized spacial score (nSPS) is 11.6. The summed E-state index contributed by atoms with van der Waals surface area (Å²) in [6.07, 6.45) is -2.90. The van der Waals surface area contributed by atoms with E-state index in [-0.39, 0.29) is 0 Å². The molecule has 0 saturated carbocycles. The van der Waals surface area contributed by atoms with E-state index in [0.717, 1.165) is 34.5 Å². The monoisotopic (exact) mass is 379 g/mol. The first kappa shape index (κ1) is 18.0. The second-order valence-corrected chi connectivity index (χ2v) is 6.38. The Hall–Kier alpha value is -3.34. The van der Waals surface area contributed by atoms with Crippen molar-refractivity contribution < 1.29 is 17.9 Å². The van der Waals surface area contributed by atoms with Gasteiger partial charge < -0.3 is 4.74 Å². The summed E-state index contributed by atoms with van der Waals surface area (Å²) in [6.45, 7) is 0. The Morgan fingerprint density at radius 3 is 2.18 bits per heavy atom. The van der Waals surface area contributed by atoms with Crippen LogP contribution in [-0.4, -0.2) is 12.1 Å². The van der Waals surface area contributed by atoms with Crippen molar-refractivity contribution in [2.75, 3.05) is 7.11 Å². The third kappa shape index (κ3) is 3.31. The quantitative estimate of drug-likeness (QED) is 0.400. The van der Waals surface area contributed by atoms with Crippen molar-refractivity contribution in [3.8, 4) is 28.1 Å². The van der Waals surface area contributed by atoms with Gasteiger partial charge in [-0.3, -0.25) is 4.98 Å². The molecular formula is C23H16F3NO. The Labute approximate surface area is 160 Å². The van der Waals surface area contributed by atoms with Gasteiger partial charge in [-0.1, -0.05) is 48.5 Å². The Morgan fingerprint density at radius 2 is 1.54 bits per heavy atom.